The average molecular weight is 495 g/mol. The highest BCUT2D eigenvalue weighted by atomic mass is 127. The molecule has 0 saturated heterocycles. The van der Waals surface area contributed by atoms with Gasteiger partial charge in [-0.15, -0.1) is 24.0 Å². The van der Waals surface area contributed by atoms with Gasteiger partial charge in [0.15, 0.2) is 5.96 Å². The predicted molar refractivity (Wildman–Crippen MR) is 124 cm³/mol. The summed E-state index contributed by atoms with van der Waals surface area (Å²) in [6.45, 7) is 4.52. The summed E-state index contributed by atoms with van der Waals surface area (Å²) < 4.78 is 13.8. The third-order valence-electron chi connectivity index (χ3n) is 4.59. The van der Waals surface area contributed by atoms with Gasteiger partial charge < -0.3 is 15.6 Å². The zero-order valence-corrected chi connectivity index (χ0v) is 18.8. The second kappa shape index (κ2) is 10.4. The van der Waals surface area contributed by atoms with Gasteiger partial charge in [0.25, 0.3) is 0 Å². The Hall–Kier alpha value is -2.16. The van der Waals surface area contributed by atoms with Gasteiger partial charge in [-0.2, -0.15) is 0 Å². The monoisotopic (exact) mass is 495 g/mol. The molecule has 3 N–H and O–H groups in total. The predicted octanol–water partition coefficient (Wildman–Crippen LogP) is 4.49. The van der Waals surface area contributed by atoms with Gasteiger partial charge in [0.2, 0.25) is 0 Å². The molecule has 0 fully saturated rings. The second-order valence-electron chi connectivity index (χ2n) is 6.68. The number of hydrogen-bond acceptors (Lipinski definition) is 2. The average Bonchev–Trinajstić information content (AvgIpc) is 3.09. The third kappa shape index (κ3) is 5.67. The number of aromatic nitrogens is 2. The van der Waals surface area contributed by atoms with E-state index in [1.54, 1.807) is 26.1 Å². The molecule has 0 aliphatic rings. The molecular weight excluding hydrogens is 468 g/mol. The fourth-order valence-electron chi connectivity index (χ4n) is 2.95. The van der Waals surface area contributed by atoms with Crippen LogP contribution in [0.3, 0.4) is 0 Å². The van der Waals surface area contributed by atoms with Crippen molar-refractivity contribution in [1.82, 2.24) is 20.6 Å². The summed E-state index contributed by atoms with van der Waals surface area (Å²) in [6.07, 6.45) is 1.78. The molecule has 1 aromatic heterocycles. The van der Waals surface area contributed by atoms with Crippen LogP contribution in [0.1, 0.15) is 36.3 Å². The number of benzene rings is 2. The van der Waals surface area contributed by atoms with Crippen molar-refractivity contribution < 1.29 is 4.39 Å². The molecule has 1 atom stereocenters. The number of fused-ring (bicyclic) bond motifs is 1. The number of halogens is 2. The second-order valence-corrected chi connectivity index (χ2v) is 6.68. The Labute approximate surface area is 182 Å². The van der Waals surface area contributed by atoms with Crippen LogP contribution in [0.15, 0.2) is 47.5 Å². The van der Waals surface area contributed by atoms with Gasteiger partial charge in [0.1, 0.15) is 11.6 Å². The first-order chi connectivity index (χ1) is 13.1. The van der Waals surface area contributed by atoms with E-state index in [0.29, 0.717) is 11.5 Å². The number of H-pyrrole nitrogens is 1. The van der Waals surface area contributed by atoms with Gasteiger partial charge in [0, 0.05) is 20.0 Å². The minimum absolute atomic E-state index is 0. The van der Waals surface area contributed by atoms with Crippen LogP contribution in [-0.2, 0) is 6.42 Å². The summed E-state index contributed by atoms with van der Waals surface area (Å²) >= 11 is 0. The molecule has 1 unspecified atom stereocenters. The Bertz CT molecular complexity index is 904. The summed E-state index contributed by atoms with van der Waals surface area (Å²) in [4.78, 5) is 12.2. The van der Waals surface area contributed by atoms with E-state index in [1.807, 2.05) is 37.3 Å². The van der Waals surface area contributed by atoms with E-state index in [9.17, 15) is 4.39 Å². The molecule has 28 heavy (non-hydrogen) atoms. The lowest BCUT2D eigenvalue weighted by Crippen LogP contribution is -2.39. The normalized spacial score (nSPS) is 12.5. The van der Waals surface area contributed by atoms with Gasteiger partial charge in [-0.1, -0.05) is 24.3 Å². The maximum absolute atomic E-state index is 13.8. The quantitative estimate of drug-likeness (QED) is 0.205. The maximum Gasteiger partial charge on any atom is 0.191 e. The molecule has 3 aromatic rings. The first-order valence-electron chi connectivity index (χ1n) is 9.23. The van der Waals surface area contributed by atoms with E-state index in [0.717, 1.165) is 41.8 Å². The first-order valence-corrected chi connectivity index (χ1v) is 9.23. The fourth-order valence-corrected chi connectivity index (χ4v) is 2.95. The van der Waals surface area contributed by atoms with Crippen molar-refractivity contribution in [3.05, 3.63) is 65.2 Å². The van der Waals surface area contributed by atoms with E-state index in [1.165, 1.54) is 0 Å². The third-order valence-corrected chi connectivity index (χ3v) is 4.59. The van der Waals surface area contributed by atoms with Gasteiger partial charge >= 0.3 is 0 Å². The van der Waals surface area contributed by atoms with Gasteiger partial charge in [-0.3, -0.25) is 4.99 Å². The van der Waals surface area contributed by atoms with Crippen LogP contribution in [0.4, 0.5) is 4.39 Å². The van der Waals surface area contributed by atoms with E-state index in [-0.39, 0.29) is 35.8 Å². The Balaban J connectivity index is 0.00000280. The van der Waals surface area contributed by atoms with E-state index in [4.69, 9.17) is 0 Å². The highest BCUT2D eigenvalue weighted by Crippen LogP contribution is 2.16. The number of nitrogens with one attached hydrogen (secondary N) is 3. The van der Waals surface area contributed by atoms with E-state index in [2.05, 4.69) is 25.6 Å². The molecule has 0 bridgehead atoms. The summed E-state index contributed by atoms with van der Waals surface area (Å²) in [7, 11) is 1.73. The molecule has 7 heteroatoms. The van der Waals surface area contributed by atoms with Crippen LogP contribution < -0.4 is 10.6 Å². The number of nitrogens with zero attached hydrogens (tertiary/aromatic N) is 2. The molecule has 150 valence electrons. The standard InChI is InChI=1S/C21H26FN5.HI/c1-14-10-11-16(13-17(14)22)15(2)25-21(23-3)24-12-6-9-20-26-18-7-4-5-8-19(18)27-20;/h4-5,7-8,10-11,13,15H,6,9,12H2,1-3H3,(H,26,27)(H2,23,24,25);1H. The summed E-state index contributed by atoms with van der Waals surface area (Å²) in [5, 5.41) is 6.60. The maximum atomic E-state index is 13.8. The van der Waals surface area contributed by atoms with Crippen molar-refractivity contribution in [2.45, 2.75) is 32.7 Å². The minimum atomic E-state index is -0.185. The zero-order valence-electron chi connectivity index (χ0n) is 16.4. The zero-order chi connectivity index (χ0) is 19.2. The topological polar surface area (TPSA) is 65.1 Å². The van der Waals surface area contributed by atoms with Crippen molar-refractivity contribution in [3.8, 4) is 0 Å². The van der Waals surface area contributed by atoms with Crippen LogP contribution in [-0.4, -0.2) is 29.5 Å². The lowest BCUT2D eigenvalue weighted by Gasteiger charge is -2.18. The lowest BCUT2D eigenvalue weighted by atomic mass is 10.1. The smallest absolute Gasteiger partial charge is 0.191 e. The number of aliphatic imine (C=N–C) groups is 1. The lowest BCUT2D eigenvalue weighted by molar-refractivity contribution is 0.607. The molecular formula is C21H27FIN5. The van der Waals surface area contributed by atoms with E-state index >= 15 is 0 Å². The molecule has 0 aliphatic heterocycles. The fraction of sp³-hybridized carbons (Fsp3) is 0.333. The van der Waals surface area contributed by atoms with Crippen LogP contribution in [0.2, 0.25) is 0 Å². The molecule has 0 amide bonds. The van der Waals surface area contributed by atoms with Crippen molar-refractivity contribution in [1.29, 1.82) is 0 Å². The van der Waals surface area contributed by atoms with Crippen molar-refractivity contribution in [2.75, 3.05) is 13.6 Å². The number of rotatable bonds is 6. The van der Waals surface area contributed by atoms with Crippen molar-refractivity contribution >= 4 is 41.0 Å². The number of aromatic amines is 1. The summed E-state index contributed by atoms with van der Waals surface area (Å²) in [5.74, 6) is 1.51. The summed E-state index contributed by atoms with van der Waals surface area (Å²) in [6, 6.07) is 13.3. The highest BCUT2D eigenvalue weighted by Gasteiger charge is 2.10. The van der Waals surface area contributed by atoms with Crippen LogP contribution in [0.25, 0.3) is 11.0 Å². The molecule has 0 radical (unpaired) electrons. The Morgan fingerprint density at radius 3 is 2.75 bits per heavy atom. The Morgan fingerprint density at radius 2 is 2.04 bits per heavy atom. The largest absolute Gasteiger partial charge is 0.356 e. The number of guanidine groups is 1. The van der Waals surface area contributed by atoms with Crippen LogP contribution in [0, 0.1) is 12.7 Å². The molecule has 1 heterocycles. The molecule has 5 nitrogen and oxygen atoms in total. The van der Waals surface area contributed by atoms with Gasteiger partial charge in [-0.05, 0) is 49.6 Å². The van der Waals surface area contributed by atoms with Crippen LogP contribution in [0.5, 0.6) is 0 Å². The highest BCUT2D eigenvalue weighted by molar-refractivity contribution is 14.0. The molecule has 0 spiro atoms. The molecule has 0 aliphatic carbocycles. The molecule has 0 saturated carbocycles. The number of para-hydroxylation sites is 2. The Kier molecular flexibility index (Phi) is 8.22. The first kappa shape index (κ1) is 22.1. The minimum Gasteiger partial charge on any atom is -0.356 e. The van der Waals surface area contributed by atoms with Crippen LogP contribution >= 0.6 is 24.0 Å². The number of aryl methyl sites for hydroxylation is 2. The number of hydrogen-bond donors (Lipinski definition) is 3. The van der Waals surface area contributed by atoms with Gasteiger partial charge in [0.05, 0.1) is 17.1 Å². The van der Waals surface area contributed by atoms with Crippen molar-refractivity contribution in [2.24, 2.45) is 4.99 Å². The van der Waals surface area contributed by atoms with E-state index < -0.39 is 0 Å². The van der Waals surface area contributed by atoms with Gasteiger partial charge in [-0.25, -0.2) is 9.37 Å². The number of imidazole rings is 1. The SMILES string of the molecule is CN=C(NCCCc1nc2ccccc2[nH]1)NC(C)c1ccc(C)c(F)c1.I. The molecule has 3 rings (SSSR count). The summed E-state index contributed by atoms with van der Waals surface area (Å²) in [5.41, 5.74) is 3.61. The Morgan fingerprint density at radius 1 is 1.25 bits per heavy atom. The molecule has 2 aromatic carbocycles. The van der Waals surface area contributed by atoms with Crippen molar-refractivity contribution in [3.63, 3.8) is 0 Å².